The topological polar surface area (TPSA) is 79.0 Å². The van der Waals surface area contributed by atoms with Crippen molar-refractivity contribution in [2.45, 2.75) is 0 Å². The number of nitrogens with zero attached hydrogens (tertiary/aromatic N) is 2. The lowest BCUT2D eigenvalue weighted by Gasteiger charge is -2.31. The smallest absolute Gasteiger partial charge is 0.379 e. The van der Waals surface area contributed by atoms with E-state index in [1.54, 1.807) is 30.3 Å². The van der Waals surface area contributed by atoms with Crippen LogP contribution in [0.2, 0.25) is 0 Å². The highest BCUT2D eigenvalue weighted by molar-refractivity contribution is 7.99. The summed E-state index contributed by atoms with van der Waals surface area (Å²) in [6.07, 6.45) is 0. The number of likely N-dealkylation sites (N-methyl/N-ethyl adjacent to an activating group) is 1. The molecule has 0 radical (unpaired) electrons. The number of ketones is 1. The fourth-order valence-corrected chi connectivity index (χ4v) is 3.04. The van der Waals surface area contributed by atoms with Crippen LogP contribution in [-0.2, 0) is 14.3 Å². The second-order valence-corrected chi connectivity index (χ2v) is 7.17. The highest BCUT2D eigenvalue weighted by Gasteiger charge is 2.17. The molecule has 0 unspecified atom stereocenters. The van der Waals surface area contributed by atoms with E-state index in [0.29, 0.717) is 23.7 Å². The predicted octanol–water partition coefficient (Wildman–Crippen LogP) is 0.467. The molecule has 2 rings (SSSR count). The molecular weight excluding hydrogens is 354 g/mol. The van der Waals surface area contributed by atoms with Crippen molar-refractivity contribution in [1.29, 1.82) is 0 Å². The monoisotopic (exact) mass is 379 g/mol. The number of benzene rings is 1. The molecule has 1 saturated heterocycles. The number of thioether (sulfide) groups is 1. The number of hydrogen-bond acceptors (Lipinski definition) is 7. The molecule has 1 aliphatic heterocycles. The summed E-state index contributed by atoms with van der Waals surface area (Å²) >= 11 is 1.45. The van der Waals surface area contributed by atoms with E-state index in [1.165, 1.54) is 11.8 Å². The molecule has 0 bridgehead atoms. The fraction of sp³-hybridized carbons (Fsp3) is 0.500. The Morgan fingerprint density at radius 1 is 1.12 bits per heavy atom. The highest BCUT2D eigenvalue weighted by atomic mass is 32.2. The van der Waals surface area contributed by atoms with E-state index in [9.17, 15) is 14.4 Å². The van der Waals surface area contributed by atoms with Crippen molar-refractivity contribution in [3.8, 4) is 0 Å². The van der Waals surface area contributed by atoms with Gasteiger partial charge in [0.2, 0.25) is 5.91 Å². The lowest BCUT2D eigenvalue weighted by atomic mass is 10.1. The number of carbonyl (C=O) groups is 3. The van der Waals surface area contributed by atoms with Gasteiger partial charge >= 0.3 is 5.97 Å². The molecule has 1 aromatic rings. The van der Waals surface area contributed by atoms with E-state index in [-0.39, 0.29) is 12.5 Å². The Labute approximate surface area is 158 Å². The second kappa shape index (κ2) is 10.9. The molecule has 0 aromatic heterocycles. The zero-order valence-corrected chi connectivity index (χ0v) is 15.8. The summed E-state index contributed by atoms with van der Waals surface area (Å²) in [5, 5.41) is 2.84. The zero-order chi connectivity index (χ0) is 18.8. The summed E-state index contributed by atoms with van der Waals surface area (Å²) in [7, 11) is 2.08. The van der Waals surface area contributed by atoms with Gasteiger partial charge in [-0.1, -0.05) is 30.3 Å². The van der Waals surface area contributed by atoms with Gasteiger partial charge in [-0.25, -0.2) is 4.79 Å². The van der Waals surface area contributed by atoms with Crippen molar-refractivity contribution in [1.82, 2.24) is 15.1 Å². The number of piperazine rings is 1. The molecule has 1 aliphatic rings. The maximum atomic E-state index is 11.9. The van der Waals surface area contributed by atoms with E-state index < -0.39 is 11.8 Å². The van der Waals surface area contributed by atoms with Crippen LogP contribution in [0, 0.1) is 0 Å². The van der Waals surface area contributed by atoms with Crippen LogP contribution in [0.4, 0.5) is 0 Å². The van der Waals surface area contributed by atoms with Crippen LogP contribution in [-0.4, -0.2) is 85.5 Å². The van der Waals surface area contributed by atoms with Gasteiger partial charge in [0.1, 0.15) is 6.61 Å². The average molecular weight is 379 g/mol. The van der Waals surface area contributed by atoms with E-state index in [0.717, 1.165) is 26.2 Å². The number of nitrogens with one attached hydrogen (secondary N) is 1. The van der Waals surface area contributed by atoms with E-state index in [4.69, 9.17) is 4.74 Å². The Kier molecular flexibility index (Phi) is 8.60. The zero-order valence-electron chi connectivity index (χ0n) is 15.0. The molecule has 0 aliphatic carbocycles. The number of hydrogen-bond donors (Lipinski definition) is 1. The van der Waals surface area contributed by atoms with Crippen molar-refractivity contribution in [2.75, 3.05) is 58.0 Å². The first kappa shape index (κ1) is 20.4. The minimum Gasteiger partial charge on any atom is -0.459 e. The molecule has 26 heavy (non-hydrogen) atoms. The van der Waals surface area contributed by atoms with Gasteiger partial charge in [0.25, 0.3) is 5.78 Å². The maximum Gasteiger partial charge on any atom is 0.379 e. The van der Waals surface area contributed by atoms with Crippen LogP contribution in [0.25, 0.3) is 0 Å². The Morgan fingerprint density at radius 3 is 2.50 bits per heavy atom. The molecule has 8 heteroatoms. The molecular formula is C18H25N3O4S. The number of Topliss-reactive ketones (excluding diaryl/α,β-unsaturated/α-hetero) is 1. The van der Waals surface area contributed by atoms with Gasteiger partial charge < -0.3 is 15.0 Å². The maximum absolute atomic E-state index is 11.9. The second-order valence-electron chi connectivity index (χ2n) is 6.06. The Morgan fingerprint density at radius 2 is 1.81 bits per heavy atom. The third kappa shape index (κ3) is 7.15. The van der Waals surface area contributed by atoms with Gasteiger partial charge in [-0.15, -0.1) is 11.8 Å². The first-order valence-corrected chi connectivity index (χ1v) is 9.73. The summed E-state index contributed by atoms with van der Waals surface area (Å²) in [6, 6.07) is 8.32. The van der Waals surface area contributed by atoms with Crippen LogP contribution in [0.15, 0.2) is 30.3 Å². The number of carbonyl (C=O) groups excluding carboxylic acids is 3. The number of rotatable bonds is 9. The van der Waals surface area contributed by atoms with E-state index in [2.05, 4.69) is 22.2 Å². The standard InChI is InChI=1S/C18H25N3O4S/c1-20-7-9-21(10-8-20)13-16(22)19-14-26-12-11-25-18(24)17(23)15-5-3-2-4-6-15/h2-6H,7-14H2,1H3,(H,19,22). The van der Waals surface area contributed by atoms with Gasteiger partial charge in [-0.3, -0.25) is 14.5 Å². The molecule has 0 saturated carbocycles. The molecule has 0 spiro atoms. The van der Waals surface area contributed by atoms with Gasteiger partial charge in [-0.2, -0.15) is 0 Å². The van der Waals surface area contributed by atoms with Gasteiger partial charge in [-0.05, 0) is 7.05 Å². The summed E-state index contributed by atoms with van der Waals surface area (Å²) in [6.45, 7) is 4.32. The third-order valence-corrected chi connectivity index (χ3v) is 4.82. The van der Waals surface area contributed by atoms with Crippen molar-refractivity contribution >= 4 is 29.4 Å². The first-order valence-electron chi connectivity index (χ1n) is 8.58. The Hall–Kier alpha value is -1.90. The van der Waals surface area contributed by atoms with Crippen LogP contribution >= 0.6 is 11.8 Å². The lowest BCUT2D eigenvalue weighted by molar-refractivity contribution is -0.137. The van der Waals surface area contributed by atoms with Gasteiger partial charge in [0.15, 0.2) is 0 Å². The average Bonchev–Trinajstić information content (AvgIpc) is 2.66. The molecule has 1 aromatic carbocycles. The first-order chi connectivity index (χ1) is 12.6. The summed E-state index contributed by atoms with van der Waals surface area (Å²) in [4.78, 5) is 39.7. The summed E-state index contributed by atoms with van der Waals surface area (Å²) in [5.41, 5.74) is 0.321. The van der Waals surface area contributed by atoms with Crippen molar-refractivity contribution in [3.05, 3.63) is 35.9 Å². The van der Waals surface area contributed by atoms with Crippen LogP contribution < -0.4 is 5.32 Å². The molecule has 7 nitrogen and oxygen atoms in total. The van der Waals surface area contributed by atoms with Crippen LogP contribution in [0.1, 0.15) is 10.4 Å². The van der Waals surface area contributed by atoms with Crippen molar-refractivity contribution in [2.24, 2.45) is 0 Å². The molecule has 142 valence electrons. The summed E-state index contributed by atoms with van der Waals surface area (Å²) in [5.74, 6) is -0.524. The van der Waals surface area contributed by atoms with Gasteiger partial charge in [0, 0.05) is 37.5 Å². The Bertz CT molecular complexity index is 604. The molecule has 1 amide bonds. The minimum absolute atomic E-state index is 0.00157. The fourth-order valence-electron chi connectivity index (χ4n) is 2.43. The molecule has 1 fully saturated rings. The normalized spacial score (nSPS) is 15.4. The third-order valence-electron chi connectivity index (χ3n) is 4.02. The quantitative estimate of drug-likeness (QED) is 0.220. The van der Waals surface area contributed by atoms with Crippen LogP contribution in [0.3, 0.4) is 0 Å². The number of amides is 1. The van der Waals surface area contributed by atoms with E-state index in [1.807, 2.05) is 0 Å². The largest absolute Gasteiger partial charge is 0.459 e. The molecule has 1 N–H and O–H groups in total. The predicted molar refractivity (Wildman–Crippen MR) is 101 cm³/mol. The van der Waals surface area contributed by atoms with E-state index >= 15 is 0 Å². The van der Waals surface area contributed by atoms with Crippen LogP contribution in [0.5, 0.6) is 0 Å². The lowest BCUT2D eigenvalue weighted by Crippen LogP contribution is -2.48. The van der Waals surface area contributed by atoms with Crippen molar-refractivity contribution < 1.29 is 19.1 Å². The summed E-state index contributed by atoms with van der Waals surface area (Å²) < 4.78 is 4.96. The number of esters is 1. The number of ether oxygens (including phenoxy) is 1. The Balaban J connectivity index is 1.52. The SMILES string of the molecule is CN1CCN(CC(=O)NCSCCOC(=O)C(=O)c2ccccc2)CC1. The molecule has 0 atom stereocenters. The van der Waals surface area contributed by atoms with Gasteiger partial charge in [0.05, 0.1) is 12.4 Å². The highest BCUT2D eigenvalue weighted by Crippen LogP contribution is 2.03. The molecule has 1 heterocycles. The minimum atomic E-state index is -0.851. The van der Waals surface area contributed by atoms with Crippen molar-refractivity contribution in [3.63, 3.8) is 0 Å².